The third kappa shape index (κ3) is 5.13. The first-order chi connectivity index (χ1) is 11.5. The molecule has 7 heteroatoms. The first kappa shape index (κ1) is 18.1. The lowest BCUT2D eigenvalue weighted by molar-refractivity contribution is -0.150. The number of carbonyl (C=O) groups is 2. The van der Waals surface area contributed by atoms with E-state index in [2.05, 4.69) is 10.5 Å². The van der Waals surface area contributed by atoms with Crippen LogP contribution in [0.2, 0.25) is 0 Å². The number of amides is 1. The van der Waals surface area contributed by atoms with E-state index in [9.17, 15) is 9.59 Å². The molecule has 0 saturated carbocycles. The number of esters is 1. The first-order valence-electron chi connectivity index (χ1n) is 7.52. The van der Waals surface area contributed by atoms with E-state index in [1.807, 2.05) is 32.0 Å². The van der Waals surface area contributed by atoms with Crippen molar-refractivity contribution in [1.82, 2.24) is 5.16 Å². The lowest BCUT2D eigenvalue weighted by Crippen LogP contribution is -2.30. The molecule has 24 heavy (non-hydrogen) atoms. The summed E-state index contributed by atoms with van der Waals surface area (Å²) in [6, 6.07) is 9.03. The maximum absolute atomic E-state index is 12.0. The van der Waals surface area contributed by atoms with Gasteiger partial charge in [0.15, 0.2) is 6.10 Å². The van der Waals surface area contributed by atoms with E-state index < -0.39 is 12.1 Å². The Kier molecular flexibility index (Phi) is 6.43. The van der Waals surface area contributed by atoms with Gasteiger partial charge in [-0.2, -0.15) is 0 Å². The summed E-state index contributed by atoms with van der Waals surface area (Å²) in [6.45, 7) is 5.25. The van der Waals surface area contributed by atoms with Crippen LogP contribution in [0.1, 0.15) is 23.9 Å². The highest BCUT2D eigenvalue weighted by molar-refractivity contribution is 7.99. The van der Waals surface area contributed by atoms with Crippen LogP contribution in [0.25, 0.3) is 0 Å². The van der Waals surface area contributed by atoms with Crippen molar-refractivity contribution in [1.29, 1.82) is 0 Å². The molecule has 0 saturated heterocycles. The van der Waals surface area contributed by atoms with E-state index in [0.29, 0.717) is 11.4 Å². The second kappa shape index (κ2) is 8.54. The molecule has 2 rings (SSSR count). The van der Waals surface area contributed by atoms with Crippen LogP contribution in [0.3, 0.4) is 0 Å². The molecule has 2 aromatic rings. The Morgan fingerprint density at radius 2 is 2.00 bits per heavy atom. The summed E-state index contributed by atoms with van der Waals surface area (Å²) in [6.07, 6.45) is -0.850. The number of rotatable bonds is 7. The zero-order valence-electron chi connectivity index (χ0n) is 13.9. The molecule has 1 atom stereocenters. The highest BCUT2D eigenvalue weighted by Crippen LogP contribution is 2.19. The number of hydrogen-bond acceptors (Lipinski definition) is 6. The third-order valence-corrected chi connectivity index (χ3v) is 4.30. The Labute approximate surface area is 144 Å². The first-order valence-corrected chi connectivity index (χ1v) is 8.67. The summed E-state index contributed by atoms with van der Waals surface area (Å²) in [5.74, 6) is 0.741. The van der Waals surface area contributed by atoms with Gasteiger partial charge in [0.2, 0.25) is 0 Å². The van der Waals surface area contributed by atoms with Gasteiger partial charge in [-0.3, -0.25) is 9.59 Å². The van der Waals surface area contributed by atoms with Gasteiger partial charge >= 0.3 is 5.97 Å². The lowest BCUT2D eigenvalue weighted by Gasteiger charge is -2.13. The number of para-hydroxylation sites is 1. The Balaban J connectivity index is 1.74. The van der Waals surface area contributed by atoms with Gasteiger partial charge < -0.3 is 14.6 Å². The minimum Gasteiger partial charge on any atom is -0.452 e. The van der Waals surface area contributed by atoms with Gasteiger partial charge in [-0.15, -0.1) is 11.8 Å². The molecule has 0 radical (unpaired) electrons. The van der Waals surface area contributed by atoms with Gasteiger partial charge in [0.1, 0.15) is 5.76 Å². The molecular weight excluding hydrogens is 328 g/mol. The zero-order chi connectivity index (χ0) is 17.5. The van der Waals surface area contributed by atoms with Crippen LogP contribution in [0, 0.1) is 13.8 Å². The SMILES string of the molecule is Cc1noc(C)c1CSCC(=O)O[C@H](C)C(=O)Nc1ccccc1. The monoisotopic (exact) mass is 348 g/mol. The number of carbonyl (C=O) groups excluding carboxylic acids is 2. The van der Waals surface area contributed by atoms with E-state index in [1.54, 1.807) is 19.1 Å². The lowest BCUT2D eigenvalue weighted by atomic mass is 10.2. The van der Waals surface area contributed by atoms with E-state index in [0.717, 1.165) is 17.0 Å². The average molecular weight is 348 g/mol. The summed E-state index contributed by atoms with van der Waals surface area (Å²) >= 11 is 1.40. The van der Waals surface area contributed by atoms with Crippen molar-refractivity contribution in [3.63, 3.8) is 0 Å². The zero-order valence-corrected chi connectivity index (χ0v) is 14.7. The summed E-state index contributed by atoms with van der Waals surface area (Å²) in [5, 5.41) is 6.56. The molecule has 0 aliphatic heterocycles. The smallest absolute Gasteiger partial charge is 0.316 e. The highest BCUT2D eigenvalue weighted by Gasteiger charge is 2.18. The number of benzene rings is 1. The van der Waals surface area contributed by atoms with Crippen molar-refractivity contribution in [2.45, 2.75) is 32.6 Å². The van der Waals surface area contributed by atoms with Gasteiger partial charge in [-0.25, -0.2) is 0 Å². The fourth-order valence-corrected chi connectivity index (χ4v) is 2.95. The Bertz CT molecular complexity index is 680. The number of thioether (sulfide) groups is 1. The summed E-state index contributed by atoms with van der Waals surface area (Å²) in [4.78, 5) is 23.8. The number of aryl methyl sites for hydroxylation is 2. The summed E-state index contributed by atoms with van der Waals surface area (Å²) in [7, 11) is 0. The van der Waals surface area contributed by atoms with Crippen LogP contribution in [-0.2, 0) is 20.1 Å². The Morgan fingerprint density at radius 3 is 2.62 bits per heavy atom. The van der Waals surface area contributed by atoms with E-state index in [1.165, 1.54) is 11.8 Å². The van der Waals surface area contributed by atoms with Crippen LogP contribution in [-0.4, -0.2) is 28.9 Å². The van der Waals surface area contributed by atoms with E-state index in [-0.39, 0.29) is 11.7 Å². The van der Waals surface area contributed by atoms with Crippen LogP contribution in [0.15, 0.2) is 34.9 Å². The number of hydrogen-bond donors (Lipinski definition) is 1. The predicted octanol–water partition coefficient (Wildman–Crippen LogP) is 3.10. The Morgan fingerprint density at radius 1 is 1.29 bits per heavy atom. The van der Waals surface area contributed by atoms with Crippen LogP contribution in [0.4, 0.5) is 5.69 Å². The molecule has 1 N–H and O–H groups in total. The number of aromatic nitrogens is 1. The molecule has 1 amide bonds. The molecule has 0 fully saturated rings. The molecule has 128 valence electrons. The van der Waals surface area contributed by atoms with Gasteiger partial charge in [0.25, 0.3) is 5.91 Å². The largest absolute Gasteiger partial charge is 0.452 e. The van der Waals surface area contributed by atoms with E-state index >= 15 is 0 Å². The summed E-state index contributed by atoms with van der Waals surface area (Å²) in [5.41, 5.74) is 2.48. The van der Waals surface area contributed by atoms with Gasteiger partial charge in [-0.1, -0.05) is 23.4 Å². The standard InChI is InChI=1S/C17H20N2O4S/c1-11-15(12(2)23-19-11)9-24-10-16(20)22-13(3)17(21)18-14-7-5-4-6-8-14/h4-8,13H,9-10H2,1-3H3,(H,18,21)/t13-/m1/s1. The fraction of sp³-hybridized carbons (Fsp3) is 0.353. The third-order valence-electron chi connectivity index (χ3n) is 3.37. The van der Waals surface area contributed by atoms with E-state index in [4.69, 9.17) is 9.26 Å². The average Bonchev–Trinajstić information content (AvgIpc) is 2.87. The molecule has 0 bridgehead atoms. The second-order valence-corrected chi connectivity index (χ2v) is 6.27. The maximum Gasteiger partial charge on any atom is 0.316 e. The van der Waals surface area contributed by atoms with Crippen molar-refractivity contribution in [3.05, 3.63) is 47.3 Å². The van der Waals surface area contributed by atoms with Gasteiger partial charge in [0, 0.05) is 17.0 Å². The maximum atomic E-state index is 12.0. The van der Waals surface area contributed by atoms with Crippen molar-refractivity contribution in [2.24, 2.45) is 0 Å². The summed E-state index contributed by atoms with van der Waals surface area (Å²) < 4.78 is 10.2. The highest BCUT2D eigenvalue weighted by atomic mass is 32.2. The minimum absolute atomic E-state index is 0.160. The van der Waals surface area contributed by atoms with Crippen molar-refractivity contribution in [3.8, 4) is 0 Å². The molecular formula is C17H20N2O4S. The van der Waals surface area contributed by atoms with Crippen LogP contribution >= 0.6 is 11.8 Å². The molecule has 1 aromatic heterocycles. The number of anilines is 1. The Hall–Kier alpha value is -2.28. The van der Waals surface area contributed by atoms with Crippen molar-refractivity contribution in [2.75, 3.05) is 11.1 Å². The van der Waals surface area contributed by atoms with Gasteiger partial charge in [-0.05, 0) is 32.9 Å². The number of nitrogens with one attached hydrogen (secondary N) is 1. The fourth-order valence-electron chi connectivity index (χ4n) is 1.99. The normalized spacial score (nSPS) is 11.8. The minimum atomic E-state index is -0.850. The number of ether oxygens (including phenoxy) is 1. The number of nitrogens with zero attached hydrogens (tertiary/aromatic N) is 1. The van der Waals surface area contributed by atoms with Crippen molar-refractivity contribution >= 4 is 29.3 Å². The van der Waals surface area contributed by atoms with Crippen LogP contribution < -0.4 is 5.32 Å². The molecule has 6 nitrogen and oxygen atoms in total. The molecule has 0 spiro atoms. The molecule has 0 unspecified atom stereocenters. The molecule has 1 aromatic carbocycles. The van der Waals surface area contributed by atoms with Gasteiger partial charge in [0.05, 0.1) is 11.4 Å². The topological polar surface area (TPSA) is 81.4 Å². The molecule has 1 heterocycles. The van der Waals surface area contributed by atoms with Crippen molar-refractivity contribution < 1.29 is 18.8 Å². The van der Waals surface area contributed by atoms with Crippen LogP contribution in [0.5, 0.6) is 0 Å². The second-order valence-electron chi connectivity index (χ2n) is 5.28. The quantitative estimate of drug-likeness (QED) is 0.774. The predicted molar refractivity (Wildman–Crippen MR) is 92.8 cm³/mol. The molecule has 0 aliphatic carbocycles. The molecule has 0 aliphatic rings.